The maximum absolute atomic E-state index is 10.4. The van der Waals surface area contributed by atoms with Crippen molar-refractivity contribution in [3.05, 3.63) is 0 Å². The molecule has 0 saturated heterocycles. The zero-order valence-corrected chi connectivity index (χ0v) is 25.0. The maximum atomic E-state index is 10.4. The lowest BCUT2D eigenvalue weighted by atomic mass is 9.95. The van der Waals surface area contributed by atoms with Crippen LogP contribution < -0.4 is 12.3 Å². The average Bonchev–Trinajstić information content (AvgIpc) is 2.78. The van der Waals surface area contributed by atoms with Crippen LogP contribution in [-0.4, -0.2) is 74.9 Å². The van der Waals surface area contributed by atoms with Gasteiger partial charge in [0.05, 0.1) is 51.3 Å². The highest BCUT2D eigenvalue weighted by Gasteiger charge is 2.26. The van der Waals surface area contributed by atoms with E-state index in [9.17, 15) is 5.11 Å². The largest absolute Gasteiger partial charge is 0.394 e. The Kier molecular flexibility index (Phi) is 40.1. The van der Waals surface area contributed by atoms with E-state index in [1.54, 1.807) is 0 Å². The molecule has 0 amide bonds. The van der Waals surface area contributed by atoms with Gasteiger partial charge in [0.25, 0.3) is 11.4 Å². The summed E-state index contributed by atoms with van der Waals surface area (Å²) in [6, 6.07) is 0. The van der Waals surface area contributed by atoms with Gasteiger partial charge >= 0.3 is 0 Å². The topological polar surface area (TPSA) is 196 Å². The summed E-state index contributed by atoms with van der Waals surface area (Å²) in [5.74, 6) is 0. The molecule has 230 valence electrons. The minimum absolute atomic E-state index is 0. The Hall–Kier alpha value is -0.210. The third-order valence-corrected chi connectivity index (χ3v) is 5.76. The predicted octanol–water partition coefficient (Wildman–Crippen LogP) is 6.04. The van der Waals surface area contributed by atoms with Gasteiger partial charge in [-0.2, -0.15) is 4.21 Å². The van der Waals surface area contributed by atoms with Crippen LogP contribution in [0, 0.1) is 0 Å². The molecule has 0 spiro atoms. The zero-order valence-electron chi connectivity index (χ0n) is 24.2. The van der Waals surface area contributed by atoms with E-state index >= 15 is 0 Å². The number of hydrogen-bond acceptors (Lipinski definition) is 8. The number of hydrogen-bond donors (Lipinski definition) is 6. The summed E-state index contributed by atoms with van der Waals surface area (Å²) in [5.41, 5.74) is -0.833. The van der Waals surface area contributed by atoms with Crippen molar-refractivity contribution in [2.24, 2.45) is 0 Å². The SMILES string of the molecule is CCCCCCCCCCCCCCCCC(OCCOCCOCCO)C(C)(C)O.N.N.O=S(O)O. The van der Waals surface area contributed by atoms with Gasteiger partial charge in [-0.05, 0) is 20.3 Å². The molecule has 0 aliphatic heterocycles. The fourth-order valence-electron chi connectivity index (χ4n) is 3.80. The van der Waals surface area contributed by atoms with Crippen LogP contribution in [0.25, 0.3) is 0 Å². The van der Waals surface area contributed by atoms with E-state index in [-0.39, 0.29) is 25.0 Å². The molecule has 10 N–H and O–H groups in total. The van der Waals surface area contributed by atoms with Gasteiger partial charge in [0.2, 0.25) is 0 Å². The van der Waals surface area contributed by atoms with Gasteiger partial charge < -0.3 is 36.7 Å². The lowest BCUT2D eigenvalue weighted by Gasteiger charge is -2.29. The quantitative estimate of drug-likeness (QED) is 0.0563. The smallest absolute Gasteiger partial charge is 0.299 e. The standard InChI is InChI=1S/C26H54O5.2H3N.H2O3S/c1-4-5-6-7-8-9-10-11-12-13-14-15-16-17-18-25(26(2,3)28)31-24-23-30-22-21-29-20-19-27;;;1-4(2)3/h25,27-28H,4-24H2,1-3H3;2*1H3;(H2,1,2,3). The Labute approximate surface area is 229 Å². The predicted molar refractivity (Wildman–Crippen MR) is 153 cm³/mol. The van der Waals surface area contributed by atoms with Crippen molar-refractivity contribution < 1.29 is 37.7 Å². The molecule has 0 aromatic heterocycles. The first-order valence-corrected chi connectivity index (χ1v) is 14.7. The minimum atomic E-state index is -2.61. The van der Waals surface area contributed by atoms with Gasteiger partial charge in [-0.15, -0.1) is 0 Å². The number of unbranched alkanes of at least 4 members (excludes halogenated alkanes) is 13. The third kappa shape index (κ3) is 40.4. The first-order chi connectivity index (χ1) is 16.8. The fourth-order valence-corrected chi connectivity index (χ4v) is 3.80. The van der Waals surface area contributed by atoms with E-state index in [4.69, 9.17) is 32.6 Å². The van der Waals surface area contributed by atoms with Crippen LogP contribution in [0.15, 0.2) is 0 Å². The van der Waals surface area contributed by atoms with E-state index in [0.29, 0.717) is 33.0 Å². The van der Waals surface area contributed by atoms with Crippen molar-refractivity contribution >= 4 is 11.4 Å². The van der Waals surface area contributed by atoms with Crippen LogP contribution in [0.1, 0.15) is 117 Å². The highest BCUT2D eigenvalue weighted by molar-refractivity contribution is 7.73. The van der Waals surface area contributed by atoms with Crippen LogP contribution in [0.4, 0.5) is 0 Å². The molecule has 10 nitrogen and oxygen atoms in total. The fraction of sp³-hybridized carbons (Fsp3) is 1.00. The molecule has 0 aromatic rings. The Balaban J connectivity index is -0.000000840. The Morgan fingerprint density at radius 1 is 0.676 bits per heavy atom. The Morgan fingerprint density at radius 3 is 1.41 bits per heavy atom. The number of aliphatic hydroxyl groups excluding tert-OH is 1. The summed E-state index contributed by atoms with van der Waals surface area (Å²) in [6.45, 7) is 8.26. The van der Waals surface area contributed by atoms with E-state index in [1.165, 1.54) is 83.5 Å². The molecule has 37 heavy (non-hydrogen) atoms. The molecule has 0 rings (SSSR count). The summed E-state index contributed by atoms with van der Waals surface area (Å²) in [4.78, 5) is 0. The van der Waals surface area contributed by atoms with Gasteiger partial charge in [-0.25, -0.2) is 0 Å². The van der Waals surface area contributed by atoms with E-state index in [2.05, 4.69) is 6.92 Å². The van der Waals surface area contributed by atoms with Gasteiger partial charge in [0, 0.05) is 0 Å². The number of ether oxygens (including phenoxy) is 3. The summed E-state index contributed by atoms with van der Waals surface area (Å²) in [6.07, 6.45) is 19.7. The second kappa shape index (κ2) is 33.8. The lowest BCUT2D eigenvalue weighted by Crippen LogP contribution is -2.39. The third-order valence-electron chi connectivity index (χ3n) is 5.76. The maximum Gasteiger partial charge on any atom is 0.299 e. The normalized spacial score (nSPS) is 11.9. The van der Waals surface area contributed by atoms with E-state index in [0.717, 1.165) is 12.8 Å². The van der Waals surface area contributed by atoms with Crippen molar-refractivity contribution in [3.8, 4) is 0 Å². The van der Waals surface area contributed by atoms with Gasteiger partial charge in [0.15, 0.2) is 0 Å². The summed E-state index contributed by atoms with van der Waals surface area (Å²) < 4.78 is 39.3. The molecular formula is C26H62N2O8S. The molecule has 0 aliphatic rings. The second-order valence-corrected chi connectivity index (χ2v) is 10.0. The molecule has 0 heterocycles. The van der Waals surface area contributed by atoms with Gasteiger partial charge in [-0.3, -0.25) is 9.11 Å². The zero-order chi connectivity index (χ0) is 26.6. The van der Waals surface area contributed by atoms with Crippen LogP contribution in [0.2, 0.25) is 0 Å². The summed E-state index contributed by atoms with van der Waals surface area (Å²) >= 11 is -2.61. The van der Waals surface area contributed by atoms with Crippen LogP contribution in [-0.2, 0) is 25.6 Å². The molecule has 0 aliphatic carbocycles. The number of aliphatic hydroxyl groups is 2. The molecule has 0 radical (unpaired) electrons. The molecule has 0 aromatic carbocycles. The van der Waals surface area contributed by atoms with Crippen molar-refractivity contribution in [1.29, 1.82) is 0 Å². The minimum Gasteiger partial charge on any atom is -0.394 e. The van der Waals surface area contributed by atoms with Gasteiger partial charge in [0.1, 0.15) is 0 Å². The van der Waals surface area contributed by atoms with Crippen LogP contribution >= 0.6 is 0 Å². The van der Waals surface area contributed by atoms with E-state index < -0.39 is 17.0 Å². The molecule has 11 heteroatoms. The van der Waals surface area contributed by atoms with Crippen LogP contribution in [0.3, 0.4) is 0 Å². The van der Waals surface area contributed by atoms with Crippen molar-refractivity contribution in [1.82, 2.24) is 12.3 Å². The molecular weight excluding hydrogens is 500 g/mol. The monoisotopic (exact) mass is 562 g/mol. The number of rotatable bonds is 25. The molecule has 0 fully saturated rings. The van der Waals surface area contributed by atoms with Crippen LogP contribution in [0.5, 0.6) is 0 Å². The van der Waals surface area contributed by atoms with Crippen molar-refractivity contribution in [2.75, 3.05) is 39.6 Å². The van der Waals surface area contributed by atoms with E-state index in [1.807, 2.05) is 13.8 Å². The Bertz CT molecular complexity index is 439. The van der Waals surface area contributed by atoms with Crippen molar-refractivity contribution in [3.63, 3.8) is 0 Å². The summed E-state index contributed by atoms with van der Waals surface area (Å²) in [5, 5.41) is 19.0. The molecule has 1 atom stereocenters. The molecule has 0 bridgehead atoms. The summed E-state index contributed by atoms with van der Waals surface area (Å²) in [7, 11) is 0. The first kappa shape index (κ1) is 43.8. The second-order valence-electron chi connectivity index (χ2n) is 9.58. The van der Waals surface area contributed by atoms with Gasteiger partial charge in [-0.1, -0.05) is 96.8 Å². The first-order valence-electron chi connectivity index (χ1n) is 13.7. The highest BCUT2D eigenvalue weighted by atomic mass is 32.2. The molecule has 0 saturated carbocycles. The molecule has 1 unspecified atom stereocenters. The Morgan fingerprint density at radius 2 is 1.03 bits per heavy atom. The average molecular weight is 563 g/mol. The lowest BCUT2D eigenvalue weighted by molar-refractivity contribution is -0.104. The highest BCUT2D eigenvalue weighted by Crippen LogP contribution is 2.20. The van der Waals surface area contributed by atoms with Crippen molar-refractivity contribution in [2.45, 2.75) is 129 Å².